The summed E-state index contributed by atoms with van der Waals surface area (Å²) in [6.45, 7) is 0. The Morgan fingerprint density at radius 3 is 2.02 bits per heavy atom. The molecule has 0 aliphatic carbocycles. The fraction of sp³-hybridized carbons (Fsp3) is 0.278. The fourth-order valence-electron chi connectivity index (χ4n) is 5.30. The molecule has 52 heavy (non-hydrogen) atoms. The minimum atomic E-state index is -4.31. The van der Waals surface area contributed by atoms with Crippen LogP contribution in [0.15, 0.2) is 83.3 Å². The lowest BCUT2D eigenvalue weighted by atomic mass is 9.91. The molecule has 3 rings (SSSR count). The van der Waals surface area contributed by atoms with Gasteiger partial charge in [0.05, 0.1) is 12.0 Å². The lowest BCUT2D eigenvalue weighted by Crippen LogP contribution is -2.46. The summed E-state index contributed by atoms with van der Waals surface area (Å²) in [4.78, 5) is 85.9. The normalized spacial score (nSPS) is 14.3. The number of Topliss-reactive ketones (excluding diaryl/α,β-unsaturated/α-hetero) is 1. The number of carbonyl (C=O) groups is 6. The highest BCUT2D eigenvalue weighted by molar-refractivity contribution is 9.10. The van der Waals surface area contributed by atoms with E-state index in [0.717, 1.165) is 17.2 Å². The van der Waals surface area contributed by atoms with Gasteiger partial charge in [-0.2, -0.15) is 0 Å². The second-order valence-corrected chi connectivity index (χ2v) is 15.7. The van der Waals surface area contributed by atoms with Crippen molar-refractivity contribution in [2.45, 2.75) is 44.6 Å². The number of hydrogen-bond donors (Lipinski definition) is 6. The number of carbonyl (C=O) groups excluding carboxylic acids is 4. The molecule has 1 unspecified atom stereocenters. The van der Waals surface area contributed by atoms with E-state index >= 15 is 0 Å². The van der Waals surface area contributed by atoms with Gasteiger partial charge in [0.25, 0.3) is 0 Å². The molecular formula is C36H38BrClN3O10P. The first kappa shape index (κ1) is 41.8. The molecule has 4 atom stereocenters. The smallest absolute Gasteiger partial charge is 0.303 e. The lowest BCUT2D eigenvalue weighted by molar-refractivity contribution is -0.139. The van der Waals surface area contributed by atoms with Crippen LogP contribution >= 0.6 is 34.9 Å². The first-order valence-electron chi connectivity index (χ1n) is 16.0. The van der Waals surface area contributed by atoms with Gasteiger partial charge >= 0.3 is 11.9 Å². The van der Waals surface area contributed by atoms with Gasteiger partial charge in [-0.3, -0.25) is 33.3 Å². The quantitative estimate of drug-likeness (QED) is 0.0684. The van der Waals surface area contributed by atoms with E-state index in [1.54, 1.807) is 42.5 Å². The van der Waals surface area contributed by atoms with Gasteiger partial charge in [0, 0.05) is 64.3 Å². The highest BCUT2D eigenvalue weighted by Gasteiger charge is 2.35. The van der Waals surface area contributed by atoms with Crippen molar-refractivity contribution in [1.29, 1.82) is 0 Å². The summed E-state index contributed by atoms with van der Waals surface area (Å²) in [5, 5.41) is 21.2. The molecule has 0 fully saturated rings. The third kappa shape index (κ3) is 13.2. The van der Waals surface area contributed by atoms with Crippen LogP contribution in [0.5, 0.6) is 0 Å². The number of carboxylic acids is 2. The number of nitrogens with one attached hydrogen (secondary N) is 1. The van der Waals surface area contributed by atoms with Crippen LogP contribution < -0.4 is 22.1 Å². The number of ketones is 2. The second kappa shape index (κ2) is 19.3. The molecule has 0 bridgehead atoms. The van der Waals surface area contributed by atoms with Crippen molar-refractivity contribution in [3.05, 3.63) is 93.9 Å². The number of rotatable bonds is 20. The number of hydrogen-bond acceptors (Lipinski definition) is 8. The highest BCUT2D eigenvalue weighted by atomic mass is 79.9. The van der Waals surface area contributed by atoms with E-state index in [0.29, 0.717) is 15.1 Å². The number of halogens is 2. The topological polar surface area (TPSA) is 244 Å². The van der Waals surface area contributed by atoms with E-state index < -0.39 is 98.8 Å². The van der Waals surface area contributed by atoms with Crippen molar-refractivity contribution in [1.82, 2.24) is 5.32 Å². The van der Waals surface area contributed by atoms with Crippen molar-refractivity contribution in [2.75, 3.05) is 6.16 Å². The molecular weight excluding hydrogens is 781 g/mol. The SMILES string of the molecule is NC(=O)[C@H](CCC(=O)O)CC(=O)[C@H](CCC(=O)O)NC(=O)[C@H](CC(=O)C=C(N)c1ccc(-c2cccc(Cl)c2)cc1)CP(=O)(O)c1ccc(Br)cc1. The van der Waals surface area contributed by atoms with Gasteiger partial charge in [0.15, 0.2) is 11.6 Å². The zero-order valence-corrected chi connectivity index (χ0v) is 31.0. The Morgan fingerprint density at radius 1 is 0.827 bits per heavy atom. The molecule has 13 nitrogen and oxygen atoms in total. The molecule has 3 aromatic carbocycles. The third-order valence-corrected chi connectivity index (χ3v) is 10.9. The van der Waals surface area contributed by atoms with E-state index in [2.05, 4.69) is 21.2 Å². The molecule has 3 aromatic rings. The standard InChI is InChI=1S/C36H38BrClN3O10P/c37-26-9-11-29(12-10-26)52(50,51)20-25(17-28(42)19-30(39)22-6-4-21(5-7-22)23-2-1-3-27(38)16-23)36(49)41-31(13-15-34(46)47)32(43)18-24(35(40)48)8-14-33(44)45/h1-7,9-12,16,19,24-25,31H,8,13-15,17-18,20,39H2,(H2,40,48)(H,41,49)(H,44,45)(H,46,47)(H,50,51)/t24-,25-,31+/m1/s1. The molecule has 276 valence electrons. The van der Waals surface area contributed by atoms with Crippen LogP contribution in [0.2, 0.25) is 5.02 Å². The van der Waals surface area contributed by atoms with E-state index in [-0.39, 0.29) is 17.4 Å². The predicted molar refractivity (Wildman–Crippen MR) is 199 cm³/mol. The highest BCUT2D eigenvalue weighted by Crippen LogP contribution is 2.42. The van der Waals surface area contributed by atoms with Gasteiger partial charge < -0.3 is 31.9 Å². The summed E-state index contributed by atoms with van der Waals surface area (Å²) >= 11 is 9.35. The Labute approximate surface area is 313 Å². The average molecular weight is 819 g/mol. The molecule has 0 aliphatic heterocycles. The van der Waals surface area contributed by atoms with Crippen LogP contribution in [0.4, 0.5) is 0 Å². The predicted octanol–water partition coefficient (Wildman–Crippen LogP) is 4.52. The number of amides is 2. The Morgan fingerprint density at radius 2 is 1.44 bits per heavy atom. The molecule has 2 amide bonds. The Hall–Kier alpha value is -4.62. The Balaban J connectivity index is 1.89. The molecule has 0 aromatic heterocycles. The maximum Gasteiger partial charge on any atom is 0.303 e. The number of aliphatic carboxylic acids is 2. The summed E-state index contributed by atoms with van der Waals surface area (Å²) in [5.74, 6) is -8.68. The number of allylic oxidation sites excluding steroid dienone is 1. The Bertz CT molecular complexity index is 1890. The molecule has 0 saturated carbocycles. The summed E-state index contributed by atoms with van der Waals surface area (Å²) in [6, 6.07) is 18.4. The van der Waals surface area contributed by atoms with Crippen LogP contribution in [0.1, 0.15) is 44.1 Å². The average Bonchev–Trinajstić information content (AvgIpc) is 3.07. The largest absolute Gasteiger partial charge is 0.481 e. The summed E-state index contributed by atoms with van der Waals surface area (Å²) in [7, 11) is -4.31. The van der Waals surface area contributed by atoms with Crippen molar-refractivity contribution < 1.29 is 48.4 Å². The van der Waals surface area contributed by atoms with Crippen molar-refractivity contribution >= 4 is 81.2 Å². The van der Waals surface area contributed by atoms with E-state index in [1.165, 1.54) is 24.3 Å². The fourth-order valence-corrected chi connectivity index (χ4v) is 7.47. The van der Waals surface area contributed by atoms with Crippen LogP contribution in [0, 0.1) is 11.8 Å². The lowest BCUT2D eigenvalue weighted by Gasteiger charge is -2.24. The van der Waals surface area contributed by atoms with Gasteiger partial charge in [-0.25, -0.2) is 0 Å². The maximum absolute atomic E-state index is 13.8. The first-order chi connectivity index (χ1) is 24.4. The van der Waals surface area contributed by atoms with E-state index in [4.69, 9.17) is 28.2 Å². The molecule has 0 saturated heterocycles. The van der Waals surface area contributed by atoms with Crippen LogP contribution in [0.25, 0.3) is 16.8 Å². The minimum Gasteiger partial charge on any atom is -0.481 e. The molecule has 0 heterocycles. The molecule has 16 heteroatoms. The summed E-state index contributed by atoms with van der Waals surface area (Å²) in [5.41, 5.74) is 13.8. The summed E-state index contributed by atoms with van der Waals surface area (Å²) in [6.07, 6.45) is -2.59. The number of carboxylic acid groups (broad SMARTS) is 2. The second-order valence-electron chi connectivity index (χ2n) is 12.1. The first-order valence-corrected chi connectivity index (χ1v) is 19.0. The minimum absolute atomic E-state index is 0.00275. The number of benzene rings is 3. The van der Waals surface area contributed by atoms with E-state index in [1.807, 2.05) is 6.07 Å². The molecule has 0 spiro atoms. The summed E-state index contributed by atoms with van der Waals surface area (Å²) < 4.78 is 14.2. The van der Waals surface area contributed by atoms with Crippen LogP contribution in [0.3, 0.4) is 0 Å². The zero-order chi connectivity index (χ0) is 38.6. The van der Waals surface area contributed by atoms with Gasteiger partial charge in [0.2, 0.25) is 19.2 Å². The zero-order valence-electron chi connectivity index (χ0n) is 27.7. The van der Waals surface area contributed by atoms with E-state index in [9.17, 15) is 43.3 Å². The third-order valence-electron chi connectivity index (χ3n) is 8.12. The van der Waals surface area contributed by atoms with Gasteiger partial charge in [0.1, 0.15) is 0 Å². The van der Waals surface area contributed by atoms with Gasteiger partial charge in [-0.1, -0.05) is 63.9 Å². The number of primary amides is 1. The monoisotopic (exact) mass is 817 g/mol. The van der Waals surface area contributed by atoms with Crippen LogP contribution in [-0.4, -0.2) is 62.6 Å². The van der Waals surface area contributed by atoms with Crippen molar-refractivity contribution in [2.24, 2.45) is 23.3 Å². The van der Waals surface area contributed by atoms with Gasteiger partial charge in [-0.05, 0) is 65.9 Å². The van der Waals surface area contributed by atoms with Gasteiger partial charge in [-0.15, -0.1) is 0 Å². The maximum atomic E-state index is 13.8. The molecule has 0 radical (unpaired) electrons. The molecule has 8 N–H and O–H groups in total. The molecule has 0 aliphatic rings. The van der Waals surface area contributed by atoms with Crippen molar-refractivity contribution in [3.63, 3.8) is 0 Å². The number of nitrogens with two attached hydrogens (primary N) is 2. The van der Waals surface area contributed by atoms with Crippen molar-refractivity contribution in [3.8, 4) is 11.1 Å². The Kier molecular flexibility index (Phi) is 15.5. The van der Waals surface area contributed by atoms with Crippen LogP contribution in [-0.2, 0) is 33.3 Å².